The maximum Gasteiger partial charge on any atom is 0.230 e. The van der Waals surface area contributed by atoms with Crippen LogP contribution in [-0.2, 0) is 9.59 Å². The highest BCUT2D eigenvalue weighted by Crippen LogP contribution is 2.18. The molecule has 2 heterocycles. The van der Waals surface area contributed by atoms with Crippen molar-refractivity contribution in [2.45, 2.75) is 19.8 Å². The second kappa shape index (κ2) is 4.17. The number of nitrogens with zero attached hydrogens (tertiary/aromatic N) is 1. The van der Waals surface area contributed by atoms with Crippen LogP contribution in [0.4, 0.5) is 0 Å². The normalized spacial score (nSPS) is 15.9. The van der Waals surface area contributed by atoms with Gasteiger partial charge in [-0.25, -0.2) is 0 Å². The van der Waals surface area contributed by atoms with Gasteiger partial charge in [-0.3, -0.25) is 19.3 Å². The van der Waals surface area contributed by atoms with E-state index < -0.39 is 0 Å². The molecule has 1 saturated heterocycles. The molecule has 16 heavy (non-hydrogen) atoms. The molecule has 1 aromatic heterocycles. The molecule has 0 atom stereocenters. The summed E-state index contributed by atoms with van der Waals surface area (Å²) in [6, 6.07) is 3.58. The number of ketones is 1. The Kier molecular flexibility index (Phi) is 2.87. The molecule has 5 heteroatoms. The zero-order valence-electron chi connectivity index (χ0n) is 8.86. The van der Waals surface area contributed by atoms with Gasteiger partial charge in [-0.15, -0.1) is 11.3 Å². The number of Topliss-reactive ketones (excluding diaryl/α,β-unsaturated/α-hetero) is 1. The number of hydrogen-bond donors (Lipinski definition) is 0. The molecule has 1 aliphatic rings. The number of carbonyl (C=O) groups is 3. The van der Waals surface area contributed by atoms with Crippen LogP contribution in [0.25, 0.3) is 0 Å². The van der Waals surface area contributed by atoms with Crippen LogP contribution >= 0.6 is 11.3 Å². The minimum atomic E-state index is -0.244. The number of likely N-dealkylation sites (tertiary alicyclic amines) is 1. The number of amides is 2. The van der Waals surface area contributed by atoms with Crippen molar-refractivity contribution in [3.8, 4) is 0 Å². The number of carbonyl (C=O) groups excluding carboxylic acids is 3. The summed E-state index contributed by atoms with van der Waals surface area (Å²) in [5.74, 6) is -0.653. The average Bonchev–Trinajstić information content (AvgIpc) is 2.79. The van der Waals surface area contributed by atoms with E-state index in [9.17, 15) is 14.4 Å². The van der Waals surface area contributed by atoms with E-state index >= 15 is 0 Å². The zero-order valence-corrected chi connectivity index (χ0v) is 9.67. The molecule has 2 amide bonds. The first-order valence-electron chi connectivity index (χ1n) is 5.01. The Bertz CT molecular complexity index is 448. The number of thiophene rings is 1. The maximum absolute atomic E-state index is 11.8. The van der Waals surface area contributed by atoms with E-state index in [0.717, 1.165) is 9.78 Å². The molecule has 1 fully saturated rings. The highest BCUT2D eigenvalue weighted by Gasteiger charge is 2.30. The van der Waals surface area contributed by atoms with E-state index in [0.29, 0.717) is 4.88 Å². The molecule has 1 aliphatic heterocycles. The van der Waals surface area contributed by atoms with Gasteiger partial charge in [-0.1, -0.05) is 0 Å². The molecule has 0 unspecified atom stereocenters. The Labute approximate surface area is 96.9 Å². The Morgan fingerprint density at radius 1 is 1.31 bits per heavy atom. The monoisotopic (exact) mass is 237 g/mol. The van der Waals surface area contributed by atoms with E-state index in [4.69, 9.17) is 0 Å². The summed E-state index contributed by atoms with van der Waals surface area (Å²) in [5.41, 5.74) is 0. The second-order valence-corrected chi connectivity index (χ2v) is 4.99. The Morgan fingerprint density at radius 2 is 1.94 bits per heavy atom. The summed E-state index contributed by atoms with van der Waals surface area (Å²) in [4.78, 5) is 37.1. The van der Waals surface area contributed by atoms with Gasteiger partial charge in [0.1, 0.15) is 0 Å². The maximum atomic E-state index is 11.8. The Morgan fingerprint density at radius 3 is 2.44 bits per heavy atom. The van der Waals surface area contributed by atoms with Gasteiger partial charge in [-0.2, -0.15) is 0 Å². The minimum Gasteiger partial charge on any atom is -0.291 e. The predicted molar refractivity (Wildman–Crippen MR) is 59.3 cm³/mol. The fraction of sp³-hybridized carbons (Fsp3) is 0.364. The van der Waals surface area contributed by atoms with Crippen LogP contribution < -0.4 is 0 Å². The summed E-state index contributed by atoms with van der Waals surface area (Å²) in [5, 5.41) is 0. The molecule has 0 spiro atoms. The van der Waals surface area contributed by atoms with Crippen LogP contribution in [0.2, 0.25) is 0 Å². The van der Waals surface area contributed by atoms with Gasteiger partial charge in [0.25, 0.3) is 0 Å². The molecule has 4 nitrogen and oxygen atoms in total. The third kappa shape index (κ3) is 2.04. The van der Waals surface area contributed by atoms with Gasteiger partial charge in [0.05, 0.1) is 11.4 Å². The van der Waals surface area contributed by atoms with Crippen molar-refractivity contribution in [2.24, 2.45) is 0 Å². The molecule has 0 saturated carbocycles. The van der Waals surface area contributed by atoms with Gasteiger partial charge in [-0.05, 0) is 19.1 Å². The Hall–Kier alpha value is -1.49. The molecule has 0 N–H and O–H groups in total. The molecule has 84 valence electrons. The van der Waals surface area contributed by atoms with Gasteiger partial charge in [0.2, 0.25) is 11.8 Å². The molecule has 0 bridgehead atoms. The van der Waals surface area contributed by atoms with Crippen LogP contribution in [0.5, 0.6) is 0 Å². The van der Waals surface area contributed by atoms with Crippen LogP contribution in [0, 0.1) is 6.92 Å². The van der Waals surface area contributed by atoms with Gasteiger partial charge < -0.3 is 0 Å². The van der Waals surface area contributed by atoms with Crippen LogP contribution in [0.1, 0.15) is 27.4 Å². The first-order chi connectivity index (χ1) is 7.58. The second-order valence-electron chi connectivity index (χ2n) is 3.71. The molecule has 0 aromatic carbocycles. The highest BCUT2D eigenvalue weighted by atomic mass is 32.1. The molecular weight excluding hydrogens is 226 g/mol. The summed E-state index contributed by atoms with van der Waals surface area (Å²) in [6.07, 6.45) is 0.463. The van der Waals surface area contributed by atoms with E-state index in [1.165, 1.54) is 11.3 Å². The lowest BCUT2D eigenvalue weighted by atomic mass is 10.3. The molecule has 1 aromatic rings. The van der Waals surface area contributed by atoms with Crippen LogP contribution in [-0.4, -0.2) is 29.0 Å². The third-order valence-corrected chi connectivity index (χ3v) is 3.51. The minimum absolute atomic E-state index is 0.113. The van der Waals surface area contributed by atoms with Gasteiger partial charge >= 0.3 is 0 Å². The van der Waals surface area contributed by atoms with Crippen molar-refractivity contribution in [3.63, 3.8) is 0 Å². The third-order valence-electron chi connectivity index (χ3n) is 2.47. The average molecular weight is 237 g/mol. The van der Waals surface area contributed by atoms with Crippen molar-refractivity contribution in [1.82, 2.24) is 4.90 Å². The first-order valence-corrected chi connectivity index (χ1v) is 5.82. The molecule has 2 rings (SSSR count). The van der Waals surface area contributed by atoms with Gasteiger partial charge in [0.15, 0.2) is 5.78 Å². The largest absolute Gasteiger partial charge is 0.291 e. The van der Waals surface area contributed by atoms with Crippen molar-refractivity contribution in [3.05, 3.63) is 21.9 Å². The van der Waals surface area contributed by atoms with Crippen molar-refractivity contribution in [2.75, 3.05) is 6.54 Å². The first kappa shape index (κ1) is 11.0. The summed E-state index contributed by atoms with van der Waals surface area (Å²) in [7, 11) is 0. The van der Waals surface area contributed by atoms with Crippen molar-refractivity contribution >= 4 is 28.9 Å². The molecular formula is C11H11NO3S. The van der Waals surface area contributed by atoms with E-state index in [1.54, 1.807) is 6.07 Å². The number of imide groups is 1. The number of aryl methyl sites for hydroxylation is 1. The zero-order chi connectivity index (χ0) is 11.7. The van der Waals surface area contributed by atoms with E-state index in [1.807, 2.05) is 13.0 Å². The van der Waals surface area contributed by atoms with Crippen LogP contribution in [0.15, 0.2) is 12.1 Å². The standard InChI is InChI=1S/C11H11NO3S/c1-7-2-3-9(16-7)8(13)6-12-10(14)4-5-11(12)15/h2-3H,4-6H2,1H3. The highest BCUT2D eigenvalue weighted by molar-refractivity contribution is 7.14. The summed E-state index contributed by atoms with van der Waals surface area (Å²) in [6.45, 7) is 1.80. The Balaban J connectivity index is 2.08. The lowest BCUT2D eigenvalue weighted by molar-refractivity contribution is -0.137. The number of rotatable bonds is 3. The van der Waals surface area contributed by atoms with Crippen LogP contribution in [0.3, 0.4) is 0 Å². The summed E-state index contributed by atoms with van der Waals surface area (Å²) < 4.78 is 0. The topological polar surface area (TPSA) is 54.5 Å². The van der Waals surface area contributed by atoms with Crippen molar-refractivity contribution < 1.29 is 14.4 Å². The van der Waals surface area contributed by atoms with E-state index in [2.05, 4.69) is 0 Å². The predicted octanol–water partition coefficient (Wildman–Crippen LogP) is 1.39. The molecule has 0 radical (unpaired) electrons. The van der Waals surface area contributed by atoms with Gasteiger partial charge in [0, 0.05) is 17.7 Å². The fourth-order valence-electron chi connectivity index (χ4n) is 1.61. The SMILES string of the molecule is Cc1ccc(C(=O)CN2C(=O)CCC2=O)s1. The quantitative estimate of drug-likeness (QED) is 0.589. The van der Waals surface area contributed by atoms with E-state index in [-0.39, 0.29) is 37.0 Å². The lowest BCUT2D eigenvalue weighted by Crippen LogP contribution is -2.34. The smallest absolute Gasteiger partial charge is 0.230 e. The number of hydrogen-bond acceptors (Lipinski definition) is 4. The van der Waals surface area contributed by atoms with Crippen molar-refractivity contribution in [1.29, 1.82) is 0 Å². The fourth-order valence-corrected chi connectivity index (χ4v) is 2.40. The molecule has 0 aliphatic carbocycles. The summed E-state index contributed by atoms with van der Waals surface area (Å²) >= 11 is 1.38. The lowest BCUT2D eigenvalue weighted by Gasteiger charge is -2.11.